The topological polar surface area (TPSA) is 68.0 Å². The van der Waals surface area contributed by atoms with Gasteiger partial charge in [-0.05, 0) is 25.8 Å². The third kappa shape index (κ3) is 2.38. The van der Waals surface area contributed by atoms with Crippen molar-refractivity contribution in [3.05, 3.63) is 23.3 Å². The van der Waals surface area contributed by atoms with E-state index in [1.165, 1.54) is 30.6 Å². The number of nitrogens with two attached hydrogens (primary N) is 1. The Morgan fingerprint density at radius 2 is 2.15 bits per heavy atom. The number of pyridine rings is 1. The Bertz CT molecular complexity index is 644. The van der Waals surface area contributed by atoms with E-state index in [9.17, 15) is 4.79 Å². The van der Waals surface area contributed by atoms with Crippen LogP contribution < -0.4 is 11.1 Å². The fourth-order valence-electron chi connectivity index (χ4n) is 2.93. The first-order valence-electron chi connectivity index (χ1n) is 7.04. The van der Waals surface area contributed by atoms with Gasteiger partial charge in [0.05, 0.1) is 10.4 Å². The number of rotatable bonds is 2. The Hall–Kier alpha value is -1.62. The minimum absolute atomic E-state index is 0.0481. The summed E-state index contributed by atoms with van der Waals surface area (Å²) in [5.74, 6) is -0.0481. The van der Waals surface area contributed by atoms with Crippen LogP contribution in [0.4, 0.5) is 5.69 Å². The van der Waals surface area contributed by atoms with Crippen molar-refractivity contribution >= 4 is 33.0 Å². The van der Waals surface area contributed by atoms with Crippen LogP contribution in [0.2, 0.25) is 0 Å². The molecule has 106 valence electrons. The van der Waals surface area contributed by atoms with E-state index in [0.717, 1.165) is 22.9 Å². The van der Waals surface area contributed by atoms with E-state index in [1.54, 1.807) is 12.4 Å². The van der Waals surface area contributed by atoms with E-state index in [2.05, 4.69) is 17.2 Å². The molecule has 0 spiro atoms. The molecule has 2 aromatic heterocycles. The molecular weight excluding hydrogens is 270 g/mol. The van der Waals surface area contributed by atoms with E-state index in [-0.39, 0.29) is 11.4 Å². The molecule has 0 bridgehead atoms. The molecule has 0 radical (unpaired) electrons. The van der Waals surface area contributed by atoms with Crippen molar-refractivity contribution < 1.29 is 4.79 Å². The Morgan fingerprint density at radius 1 is 1.40 bits per heavy atom. The van der Waals surface area contributed by atoms with Gasteiger partial charge in [0.2, 0.25) is 0 Å². The van der Waals surface area contributed by atoms with Crippen LogP contribution in [-0.4, -0.2) is 16.4 Å². The molecule has 2 aromatic rings. The minimum atomic E-state index is -0.0871. The van der Waals surface area contributed by atoms with Gasteiger partial charge in [-0.1, -0.05) is 19.3 Å². The van der Waals surface area contributed by atoms with Crippen molar-refractivity contribution in [2.45, 2.75) is 44.6 Å². The summed E-state index contributed by atoms with van der Waals surface area (Å²) in [5, 5.41) is 4.10. The second-order valence-corrected chi connectivity index (χ2v) is 6.84. The maximum atomic E-state index is 12.5. The number of anilines is 1. The maximum Gasteiger partial charge on any atom is 0.263 e. The van der Waals surface area contributed by atoms with Crippen LogP contribution in [0.3, 0.4) is 0 Å². The van der Waals surface area contributed by atoms with Crippen molar-refractivity contribution in [1.29, 1.82) is 0 Å². The number of carbonyl (C=O) groups excluding carboxylic acids is 1. The van der Waals surface area contributed by atoms with Gasteiger partial charge in [0.1, 0.15) is 4.88 Å². The summed E-state index contributed by atoms with van der Waals surface area (Å²) in [6, 6.07) is 1.86. The molecule has 0 aromatic carbocycles. The number of nitrogens with zero attached hydrogens (tertiary/aromatic N) is 1. The number of fused-ring (bicyclic) bond motifs is 1. The fraction of sp³-hybridized carbons (Fsp3) is 0.467. The highest BCUT2D eigenvalue weighted by atomic mass is 32.1. The van der Waals surface area contributed by atoms with Gasteiger partial charge in [0, 0.05) is 23.3 Å². The summed E-state index contributed by atoms with van der Waals surface area (Å²) in [4.78, 5) is 17.2. The number of nitrogen functional groups attached to an aromatic ring is 1. The predicted octanol–water partition coefficient (Wildman–Crippen LogP) is 3.33. The van der Waals surface area contributed by atoms with E-state index >= 15 is 0 Å². The van der Waals surface area contributed by atoms with Crippen LogP contribution in [0.15, 0.2) is 18.5 Å². The third-order valence-corrected chi connectivity index (χ3v) is 5.26. The van der Waals surface area contributed by atoms with Gasteiger partial charge in [-0.25, -0.2) is 0 Å². The molecule has 0 atom stereocenters. The molecule has 3 rings (SSSR count). The molecule has 1 aliphatic rings. The zero-order chi connectivity index (χ0) is 14.2. The van der Waals surface area contributed by atoms with Crippen molar-refractivity contribution in [3.63, 3.8) is 0 Å². The van der Waals surface area contributed by atoms with Gasteiger partial charge in [-0.3, -0.25) is 9.78 Å². The average molecular weight is 289 g/mol. The highest BCUT2D eigenvalue weighted by molar-refractivity contribution is 7.21. The van der Waals surface area contributed by atoms with Crippen LogP contribution in [0, 0.1) is 0 Å². The maximum absolute atomic E-state index is 12.5. The smallest absolute Gasteiger partial charge is 0.263 e. The van der Waals surface area contributed by atoms with E-state index in [0.29, 0.717) is 10.6 Å². The van der Waals surface area contributed by atoms with Crippen LogP contribution in [-0.2, 0) is 0 Å². The predicted molar refractivity (Wildman–Crippen MR) is 83.0 cm³/mol. The normalized spacial score (nSPS) is 18.1. The van der Waals surface area contributed by atoms with Gasteiger partial charge >= 0.3 is 0 Å². The van der Waals surface area contributed by atoms with Gasteiger partial charge in [-0.15, -0.1) is 11.3 Å². The molecule has 3 N–H and O–H groups in total. The molecule has 1 saturated carbocycles. The quantitative estimate of drug-likeness (QED) is 0.891. The summed E-state index contributed by atoms with van der Waals surface area (Å²) >= 11 is 1.42. The largest absolute Gasteiger partial charge is 0.397 e. The number of aromatic nitrogens is 1. The van der Waals surface area contributed by atoms with Gasteiger partial charge in [0.25, 0.3) is 5.91 Å². The Balaban J connectivity index is 1.87. The highest BCUT2D eigenvalue weighted by Crippen LogP contribution is 2.34. The number of hydrogen-bond donors (Lipinski definition) is 2. The van der Waals surface area contributed by atoms with Crippen LogP contribution in [0.5, 0.6) is 0 Å². The number of thiophene rings is 1. The Labute approximate surface area is 122 Å². The van der Waals surface area contributed by atoms with E-state index in [4.69, 9.17) is 5.73 Å². The molecule has 0 saturated heterocycles. The first-order valence-corrected chi connectivity index (χ1v) is 7.85. The van der Waals surface area contributed by atoms with Crippen molar-refractivity contribution in [2.24, 2.45) is 0 Å². The Morgan fingerprint density at radius 3 is 2.85 bits per heavy atom. The first-order chi connectivity index (χ1) is 9.59. The first kappa shape index (κ1) is 13.4. The molecule has 1 fully saturated rings. The molecule has 1 aliphatic carbocycles. The van der Waals surface area contributed by atoms with Gasteiger partial charge in [-0.2, -0.15) is 0 Å². The molecule has 2 heterocycles. The summed E-state index contributed by atoms with van der Waals surface area (Å²) in [7, 11) is 0. The second-order valence-electron chi connectivity index (χ2n) is 5.79. The monoisotopic (exact) mass is 289 g/mol. The summed E-state index contributed by atoms with van der Waals surface area (Å²) in [6.45, 7) is 2.13. The van der Waals surface area contributed by atoms with Crippen LogP contribution in [0.25, 0.3) is 10.1 Å². The fourth-order valence-corrected chi connectivity index (χ4v) is 3.91. The van der Waals surface area contributed by atoms with Crippen molar-refractivity contribution in [1.82, 2.24) is 10.3 Å². The molecule has 0 unspecified atom stereocenters. The number of carbonyl (C=O) groups is 1. The molecule has 1 amide bonds. The standard InChI is InChI=1S/C15H19N3OS/c1-15(6-3-2-4-7-15)18-14(19)13-12(16)10-5-8-17-9-11(10)20-13/h5,8-9H,2-4,6-7,16H2,1H3,(H,18,19). The van der Waals surface area contributed by atoms with Gasteiger partial charge in [0.15, 0.2) is 0 Å². The lowest BCUT2D eigenvalue weighted by atomic mass is 9.83. The molecule has 20 heavy (non-hydrogen) atoms. The molecular formula is C15H19N3OS. The highest BCUT2D eigenvalue weighted by Gasteiger charge is 2.30. The van der Waals surface area contributed by atoms with Crippen molar-refractivity contribution in [2.75, 3.05) is 5.73 Å². The van der Waals surface area contributed by atoms with Crippen LogP contribution in [0.1, 0.15) is 48.7 Å². The second kappa shape index (κ2) is 5.05. The molecule has 5 heteroatoms. The zero-order valence-electron chi connectivity index (χ0n) is 11.6. The summed E-state index contributed by atoms with van der Waals surface area (Å²) in [6.07, 6.45) is 9.19. The zero-order valence-corrected chi connectivity index (χ0v) is 12.4. The minimum Gasteiger partial charge on any atom is -0.397 e. The Kier molecular flexibility index (Phi) is 3.38. The lowest BCUT2D eigenvalue weighted by molar-refractivity contribution is 0.0888. The summed E-state index contributed by atoms with van der Waals surface area (Å²) in [5.41, 5.74) is 6.60. The average Bonchev–Trinajstić information content (AvgIpc) is 2.77. The van der Waals surface area contributed by atoms with Gasteiger partial charge < -0.3 is 11.1 Å². The summed E-state index contributed by atoms with van der Waals surface area (Å²) < 4.78 is 0.962. The van der Waals surface area contributed by atoms with E-state index in [1.807, 2.05) is 6.07 Å². The number of amides is 1. The lowest BCUT2D eigenvalue weighted by Gasteiger charge is -2.34. The SMILES string of the molecule is CC1(NC(=O)c2sc3cnccc3c2N)CCCCC1. The van der Waals surface area contributed by atoms with Crippen LogP contribution >= 0.6 is 11.3 Å². The lowest BCUT2D eigenvalue weighted by Crippen LogP contribution is -2.47. The molecule has 4 nitrogen and oxygen atoms in total. The van der Waals surface area contributed by atoms with Crippen molar-refractivity contribution in [3.8, 4) is 0 Å². The number of nitrogens with one attached hydrogen (secondary N) is 1. The third-order valence-electron chi connectivity index (χ3n) is 4.11. The van der Waals surface area contributed by atoms with E-state index < -0.39 is 0 Å². The molecule has 0 aliphatic heterocycles. The number of hydrogen-bond acceptors (Lipinski definition) is 4.